The minimum atomic E-state index is -0.672. The van der Waals surface area contributed by atoms with Gasteiger partial charge < -0.3 is 5.32 Å². The summed E-state index contributed by atoms with van der Waals surface area (Å²) in [6.07, 6.45) is 7.94. The molecule has 0 radical (unpaired) electrons. The van der Waals surface area contributed by atoms with Gasteiger partial charge >= 0.3 is 0 Å². The van der Waals surface area contributed by atoms with Gasteiger partial charge in [0.15, 0.2) is 0 Å². The van der Waals surface area contributed by atoms with Gasteiger partial charge in [0.2, 0.25) is 5.91 Å². The predicted octanol–water partition coefficient (Wildman–Crippen LogP) is 4.54. The van der Waals surface area contributed by atoms with Crippen LogP contribution in [0, 0.1) is 11.7 Å². The molecule has 1 amide bonds. The lowest BCUT2D eigenvalue weighted by molar-refractivity contribution is -0.123. The van der Waals surface area contributed by atoms with Crippen LogP contribution >= 0.6 is 0 Å². The fourth-order valence-electron chi connectivity index (χ4n) is 3.26. The Kier molecular flexibility index (Phi) is 5.38. The van der Waals surface area contributed by atoms with Crippen LogP contribution in [0.3, 0.4) is 0 Å². The molecule has 0 atom stereocenters. The molecule has 0 saturated heterocycles. The third-order valence-corrected chi connectivity index (χ3v) is 4.50. The zero-order valence-corrected chi connectivity index (χ0v) is 13.1. The molecule has 0 heterocycles. The number of benzene rings is 1. The first-order chi connectivity index (χ1) is 9.99. The third kappa shape index (κ3) is 4.55. The van der Waals surface area contributed by atoms with E-state index in [1.54, 1.807) is 18.2 Å². The van der Waals surface area contributed by atoms with Crippen molar-refractivity contribution in [2.75, 3.05) is 0 Å². The lowest BCUT2D eigenvalue weighted by atomic mass is 9.86. The summed E-state index contributed by atoms with van der Waals surface area (Å²) < 4.78 is 13.9. The van der Waals surface area contributed by atoms with E-state index in [-0.39, 0.29) is 11.7 Å². The lowest BCUT2D eigenvalue weighted by Gasteiger charge is -2.28. The summed E-state index contributed by atoms with van der Waals surface area (Å²) in [5.41, 5.74) is -0.134. The smallest absolute Gasteiger partial charge is 0.220 e. The van der Waals surface area contributed by atoms with Gasteiger partial charge in [-0.25, -0.2) is 4.39 Å². The van der Waals surface area contributed by atoms with Crippen molar-refractivity contribution < 1.29 is 9.18 Å². The van der Waals surface area contributed by atoms with Gasteiger partial charge in [0.25, 0.3) is 0 Å². The van der Waals surface area contributed by atoms with Gasteiger partial charge in [-0.15, -0.1) is 0 Å². The summed E-state index contributed by atoms with van der Waals surface area (Å²) in [7, 11) is 0. The first-order valence-electron chi connectivity index (χ1n) is 8.05. The van der Waals surface area contributed by atoms with E-state index in [1.807, 2.05) is 13.8 Å². The average molecular weight is 291 g/mol. The quantitative estimate of drug-likeness (QED) is 0.848. The highest BCUT2D eigenvalue weighted by Gasteiger charge is 2.26. The molecule has 2 nitrogen and oxygen atoms in total. The molecular weight excluding hydrogens is 265 g/mol. The number of hydrogen-bond acceptors (Lipinski definition) is 1. The Morgan fingerprint density at radius 2 is 1.90 bits per heavy atom. The van der Waals surface area contributed by atoms with Crippen LogP contribution in [-0.4, -0.2) is 5.91 Å². The van der Waals surface area contributed by atoms with Crippen LogP contribution in [0.5, 0.6) is 0 Å². The summed E-state index contributed by atoms with van der Waals surface area (Å²) in [6.45, 7) is 3.70. The summed E-state index contributed by atoms with van der Waals surface area (Å²) >= 11 is 0. The molecule has 0 unspecified atom stereocenters. The minimum Gasteiger partial charge on any atom is -0.347 e. The van der Waals surface area contributed by atoms with Gasteiger partial charge in [0, 0.05) is 12.0 Å². The molecule has 1 saturated carbocycles. The maximum absolute atomic E-state index is 13.9. The summed E-state index contributed by atoms with van der Waals surface area (Å²) in [5, 5.41) is 2.97. The second kappa shape index (κ2) is 7.06. The molecule has 116 valence electrons. The van der Waals surface area contributed by atoms with Crippen LogP contribution in [0.25, 0.3) is 0 Å². The highest BCUT2D eigenvalue weighted by molar-refractivity contribution is 5.76. The molecule has 1 aliphatic carbocycles. The van der Waals surface area contributed by atoms with Gasteiger partial charge in [-0.05, 0) is 32.3 Å². The van der Waals surface area contributed by atoms with E-state index in [4.69, 9.17) is 0 Å². The van der Waals surface area contributed by atoms with E-state index in [0.29, 0.717) is 17.9 Å². The number of rotatable bonds is 5. The van der Waals surface area contributed by atoms with Crippen LogP contribution in [0.2, 0.25) is 0 Å². The number of nitrogens with one attached hydrogen (secondary N) is 1. The molecule has 1 N–H and O–H groups in total. The Labute approximate surface area is 127 Å². The minimum absolute atomic E-state index is 0.0221. The van der Waals surface area contributed by atoms with Crippen LogP contribution in [-0.2, 0) is 10.3 Å². The Morgan fingerprint density at radius 1 is 1.24 bits per heavy atom. The van der Waals surface area contributed by atoms with E-state index in [1.165, 1.54) is 38.2 Å². The molecule has 1 fully saturated rings. The molecule has 0 spiro atoms. The van der Waals surface area contributed by atoms with Crippen molar-refractivity contribution in [1.29, 1.82) is 0 Å². The zero-order valence-electron chi connectivity index (χ0n) is 13.1. The largest absolute Gasteiger partial charge is 0.347 e. The molecule has 0 bridgehead atoms. The maximum Gasteiger partial charge on any atom is 0.220 e. The number of carbonyl (C=O) groups excluding carboxylic acids is 1. The second-order valence-electron chi connectivity index (χ2n) is 6.70. The molecule has 1 aromatic rings. The van der Waals surface area contributed by atoms with Crippen LogP contribution < -0.4 is 5.32 Å². The summed E-state index contributed by atoms with van der Waals surface area (Å²) in [6, 6.07) is 6.64. The Morgan fingerprint density at radius 3 is 2.57 bits per heavy atom. The third-order valence-electron chi connectivity index (χ3n) is 4.50. The summed E-state index contributed by atoms with van der Waals surface area (Å²) in [5.74, 6) is 0.449. The number of halogens is 1. The SMILES string of the molecule is CC(C)(NC(=O)CCC1CCCCC1)c1ccccc1F. The molecule has 0 aliphatic heterocycles. The fraction of sp³-hybridized carbons (Fsp3) is 0.611. The summed E-state index contributed by atoms with van der Waals surface area (Å²) in [4.78, 5) is 12.2. The molecule has 0 aromatic heterocycles. The van der Waals surface area contributed by atoms with Crippen molar-refractivity contribution in [3.05, 3.63) is 35.6 Å². The van der Waals surface area contributed by atoms with E-state index < -0.39 is 5.54 Å². The van der Waals surface area contributed by atoms with Crippen molar-refractivity contribution in [3.8, 4) is 0 Å². The molecule has 3 heteroatoms. The first-order valence-corrected chi connectivity index (χ1v) is 8.05. The Hall–Kier alpha value is -1.38. The predicted molar refractivity (Wildman–Crippen MR) is 83.4 cm³/mol. The second-order valence-corrected chi connectivity index (χ2v) is 6.70. The van der Waals surface area contributed by atoms with Crippen LogP contribution in [0.15, 0.2) is 24.3 Å². The van der Waals surface area contributed by atoms with Gasteiger partial charge in [-0.3, -0.25) is 4.79 Å². The van der Waals surface area contributed by atoms with Gasteiger partial charge in [0.05, 0.1) is 5.54 Å². The highest BCUT2D eigenvalue weighted by atomic mass is 19.1. The van der Waals surface area contributed by atoms with E-state index in [2.05, 4.69) is 5.32 Å². The molecular formula is C18H26FNO. The number of hydrogen-bond donors (Lipinski definition) is 1. The Balaban J connectivity index is 1.87. The molecule has 1 aromatic carbocycles. The molecule has 2 rings (SSSR count). The monoisotopic (exact) mass is 291 g/mol. The van der Waals surface area contributed by atoms with E-state index in [0.717, 1.165) is 6.42 Å². The van der Waals surface area contributed by atoms with Crippen molar-refractivity contribution in [3.63, 3.8) is 0 Å². The molecule has 1 aliphatic rings. The maximum atomic E-state index is 13.9. The normalized spacial score (nSPS) is 16.7. The van der Waals surface area contributed by atoms with Crippen molar-refractivity contribution >= 4 is 5.91 Å². The standard InChI is InChI=1S/C18H26FNO/c1-18(2,15-10-6-7-11-16(15)19)20-17(21)13-12-14-8-4-3-5-9-14/h6-7,10-11,14H,3-5,8-9,12-13H2,1-2H3,(H,20,21). The topological polar surface area (TPSA) is 29.1 Å². The van der Waals surface area contributed by atoms with Gasteiger partial charge in [-0.2, -0.15) is 0 Å². The van der Waals surface area contributed by atoms with Crippen molar-refractivity contribution in [2.24, 2.45) is 5.92 Å². The van der Waals surface area contributed by atoms with Crippen LogP contribution in [0.1, 0.15) is 64.4 Å². The first kappa shape index (κ1) is 16.0. The number of carbonyl (C=O) groups is 1. The van der Waals surface area contributed by atoms with E-state index >= 15 is 0 Å². The van der Waals surface area contributed by atoms with Crippen molar-refractivity contribution in [1.82, 2.24) is 5.32 Å². The zero-order chi connectivity index (χ0) is 15.3. The van der Waals surface area contributed by atoms with Gasteiger partial charge in [-0.1, -0.05) is 50.3 Å². The Bertz CT molecular complexity index is 478. The fourth-order valence-corrected chi connectivity index (χ4v) is 3.26. The molecule has 21 heavy (non-hydrogen) atoms. The van der Waals surface area contributed by atoms with Crippen molar-refractivity contribution in [2.45, 2.75) is 64.3 Å². The number of amides is 1. The average Bonchev–Trinajstić information content (AvgIpc) is 2.46. The van der Waals surface area contributed by atoms with E-state index in [9.17, 15) is 9.18 Å². The van der Waals surface area contributed by atoms with Crippen LogP contribution in [0.4, 0.5) is 4.39 Å². The highest BCUT2D eigenvalue weighted by Crippen LogP contribution is 2.28. The van der Waals surface area contributed by atoms with Gasteiger partial charge in [0.1, 0.15) is 5.82 Å². The lowest BCUT2D eigenvalue weighted by Crippen LogP contribution is -2.41.